The van der Waals surface area contributed by atoms with Crippen molar-refractivity contribution in [2.45, 2.75) is 6.92 Å². The van der Waals surface area contributed by atoms with E-state index in [1.807, 2.05) is 0 Å². The van der Waals surface area contributed by atoms with Crippen LogP contribution >= 0.6 is 0 Å². The minimum atomic E-state index is -0.185. The number of nitrogens with two attached hydrogens (primary N) is 1. The van der Waals surface area contributed by atoms with Gasteiger partial charge in [-0.1, -0.05) is 0 Å². The number of nitrogens with zero attached hydrogens (tertiary/aromatic N) is 2. The molecule has 0 atom stereocenters. The third kappa shape index (κ3) is 2.49. The zero-order valence-electron chi connectivity index (χ0n) is 10.8. The zero-order valence-corrected chi connectivity index (χ0v) is 10.8. The molecule has 0 spiro atoms. The molecule has 98 valence electrons. The number of phenols is 1. The normalized spacial score (nSPS) is 10.2. The number of aromatic nitrogens is 1. The van der Waals surface area contributed by atoms with Gasteiger partial charge in [0.05, 0.1) is 17.6 Å². The van der Waals surface area contributed by atoms with Crippen molar-refractivity contribution in [2.24, 2.45) is 0 Å². The zero-order chi connectivity index (χ0) is 14.0. The minimum absolute atomic E-state index is 0.139. The standard InChI is InChI=1S/C14H15N3O2/c1-9-7-10(18)3-4-11(9)14(19)17(2)13-5-6-16-8-12(13)15/h3-8,18H,15H2,1-2H3. The van der Waals surface area contributed by atoms with Gasteiger partial charge in [0, 0.05) is 18.8 Å². The van der Waals surface area contributed by atoms with Crippen molar-refractivity contribution in [3.8, 4) is 5.75 Å². The second kappa shape index (κ2) is 4.97. The fraction of sp³-hybridized carbons (Fsp3) is 0.143. The topological polar surface area (TPSA) is 79.5 Å². The Balaban J connectivity index is 2.37. The molecule has 2 aromatic rings. The number of pyridine rings is 1. The third-order valence-electron chi connectivity index (χ3n) is 2.93. The smallest absolute Gasteiger partial charge is 0.258 e. The predicted molar refractivity (Wildman–Crippen MR) is 74.2 cm³/mol. The lowest BCUT2D eigenvalue weighted by Gasteiger charge is -2.19. The van der Waals surface area contributed by atoms with Crippen LogP contribution in [-0.2, 0) is 0 Å². The molecule has 0 saturated heterocycles. The van der Waals surface area contributed by atoms with Gasteiger partial charge >= 0.3 is 0 Å². The van der Waals surface area contributed by atoms with E-state index < -0.39 is 0 Å². The summed E-state index contributed by atoms with van der Waals surface area (Å²) in [6.07, 6.45) is 3.09. The van der Waals surface area contributed by atoms with Crippen LogP contribution in [0.3, 0.4) is 0 Å². The third-order valence-corrected chi connectivity index (χ3v) is 2.93. The predicted octanol–water partition coefficient (Wildman–Crippen LogP) is 1.95. The second-order valence-corrected chi connectivity index (χ2v) is 4.30. The molecule has 5 nitrogen and oxygen atoms in total. The first-order valence-corrected chi connectivity index (χ1v) is 5.78. The van der Waals surface area contributed by atoms with Crippen molar-refractivity contribution >= 4 is 17.3 Å². The van der Waals surface area contributed by atoms with Gasteiger partial charge in [-0.25, -0.2) is 0 Å². The molecule has 0 aliphatic rings. The maximum absolute atomic E-state index is 12.4. The molecule has 1 aromatic heterocycles. The number of amides is 1. The second-order valence-electron chi connectivity index (χ2n) is 4.30. The highest BCUT2D eigenvalue weighted by Crippen LogP contribution is 2.23. The number of rotatable bonds is 2. The number of phenolic OH excluding ortho intramolecular Hbond substituents is 1. The maximum Gasteiger partial charge on any atom is 0.258 e. The van der Waals surface area contributed by atoms with Gasteiger partial charge in [0.25, 0.3) is 5.91 Å². The Morgan fingerprint density at radius 3 is 2.74 bits per heavy atom. The molecule has 0 fully saturated rings. The number of benzene rings is 1. The number of nitrogen functional groups attached to an aromatic ring is 1. The first-order chi connectivity index (χ1) is 9.00. The van der Waals surface area contributed by atoms with E-state index in [9.17, 15) is 9.90 Å². The van der Waals surface area contributed by atoms with E-state index in [0.29, 0.717) is 22.5 Å². The lowest BCUT2D eigenvalue weighted by molar-refractivity contribution is 0.0992. The van der Waals surface area contributed by atoms with E-state index in [-0.39, 0.29) is 11.7 Å². The van der Waals surface area contributed by atoms with Gasteiger partial charge in [-0.15, -0.1) is 0 Å². The summed E-state index contributed by atoms with van der Waals surface area (Å²) >= 11 is 0. The molecule has 0 saturated carbocycles. The average Bonchev–Trinajstić information content (AvgIpc) is 2.38. The van der Waals surface area contributed by atoms with Crippen LogP contribution in [0.15, 0.2) is 36.7 Å². The Morgan fingerprint density at radius 1 is 1.37 bits per heavy atom. The fourth-order valence-electron chi connectivity index (χ4n) is 1.88. The molecule has 0 aliphatic heterocycles. The van der Waals surface area contributed by atoms with E-state index in [1.165, 1.54) is 17.2 Å². The summed E-state index contributed by atoms with van der Waals surface area (Å²) in [5.41, 5.74) is 8.08. The van der Waals surface area contributed by atoms with Crippen molar-refractivity contribution < 1.29 is 9.90 Å². The highest BCUT2D eigenvalue weighted by Gasteiger charge is 2.17. The lowest BCUT2D eigenvalue weighted by atomic mass is 10.1. The van der Waals surface area contributed by atoms with Crippen LogP contribution in [0.25, 0.3) is 0 Å². The molecule has 0 unspecified atom stereocenters. The van der Waals surface area contributed by atoms with Gasteiger partial charge in [-0.05, 0) is 36.8 Å². The Kier molecular flexibility index (Phi) is 3.37. The average molecular weight is 257 g/mol. The van der Waals surface area contributed by atoms with Crippen LogP contribution in [0, 0.1) is 6.92 Å². The summed E-state index contributed by atoms with van der Waals surface area (Å²) in [5.74, 6) is -0.0458. The SMILES string of the molecule is Cc1cc(O)ccc1C(=O)N(C)c1ccncc1N. The van der Waals surface area contributed by atoms with Crippen molar-refractivity contribution in [2.75, 3.05) is 17.7 Å². The highest BCUT2D eigenvalue weighted by molar-refractivity contribution is 6.08. The summed E-state index contributed by atoms with van der Waals surface area (Å²) in [6, 6.07) is 6.32. The van der Waals surface area contributed by atoms with Crippen molar-refractivity contribution in [1.29, 1.82) is 0 Å². The monoisotopic (exact) mass is 257 g/mol. The molecule has 5 heteroatoms. The van der Waals surface area contributed by atoms with Gasteiger partial charge in [-0.3, -0.25) is 9.78 Å². The van der Waals surface area contributed by atoms with Crippen molar-refractivity contribution in [3.63, 3.8) is 0 Å². The first kappa shape index (κ1) is 12.9. The molecule has 0 bridgehead atoms. The molecule has 0 radical (unpaired) electrons. The molecule has 2 rings (SSSR count). The Labute approximate surface area is 111 Å². The van der Waals surface area contributed by atoms with Gasteiger partial charge in [-0.2, -0.15) is 0 Å². The van der Waals surface area contributed by atoms with Crippen LogP contribution in [-0.4, -0.2) is 23.0 Å². The molecule has 1 amide bonds. The number of hydrogen-bond acceptors (Lipinski definition) is 4. The van der Waals surface area contributed by atoms with Crippen LogP contribution in [0.2, 0.25) is 0 Å². The van der Waals surface area contributed by atoms with E-state index in [4.69, 9.17) is 5.73 Å². The number of aryl methyl sites for hydroxylation is 1. The van der Waals surface area contributed by atoms with Crippen LogP contribution < -0.4 is 10.6 Å². The highest BCUT2D eigenvalue weighted by atomic mass is 16.3. The number of anilines is 2. The molecule has 0 aliphatic carbocycles. The molecule has 3 N–H and O–H groups in total. The number of aromatic hydroxyl groups is 1. The number of carbonyl (C=O) groups excluding carboxylic acids is 1. The Morgan fingerprint density at radius 2 is 2.11 bits per heavy atom. The molecule has 1 aromatic carbocycles. The van der Waals surface area contributed by atoms with Crippen LogP contribution in [0.1, 0.15) is 15.9 Å². The van der Waals surface area contributed by atoms with Crippen molar-refractivity contribution in [1.82, 2.24) is 4.98 Å². The maximum atomic E-state index is 12.4. The molecular formula is C14H15N3O2. The molecule has 19 heavy (non-hydrogen) atoms. The summed E-state index contributed by atoms with van der Waals surface area (Å²) < 4.78 is 0. The fourth-order valence-corrected chi connectivity index (χ4v) is 1.88. The minimum Gasteiger partial charge on any atom is -0.508 e. The number of carbonyl (C=O) groups is 1. The molecule has 1 heterocycles. The van der Waals surface area contributed by atoms with E-state index in [2.05, 4.69) is 4.98 Å². The summed E-state index contributed by atoms with van der Waals surface area (Å²) in [4.78, 5) is 17.8. The van der Waals surface area contributed by atoms with E-state index in [1.54, 1.807) is 38.4 Å². The van der Waals surface area contributed by atoms with Gasteiger partial charge in [0.1, 0.15) is 5.75 Å². The summed E-state index contributed by atoms with van der Waals surface area (Å²) in [7, 11) is 1.65. The van der Waals surface area contributed by atoms with Crippen molar-refractivity contribution in [3.05, 3.63) is 47.8 Å². The largest absolute Gasteiger partial charge is 0.508 e. The van der Waals surface area contributed by atoms with Crippen LogP contribution in [0.4, 0.5) is 11.4 Å². The van der Waals surface area contributed by atoms with Crippen LogP contribution in [0.5, 0.6) is 5.75 Å². The summed E-state index contributed by atoms with van der Waals surface area (Å²) in [5, 5.41) is 9.37. The summed E-state index contributed by atoms with van der Waals surface area (Å²) in [6.45, 7) is 1.77. The van der Waals surface area contributed by atoms with E-state index in [0.717, 1.165) is 0 Å². The Bertz CT molecular complexity index is 626. The number of hydrogen-bond donors (Lipinski definition) is 2. The van der Waals surface area contributed by atoms with Gasteiger partial charge in [0.15, 0.2) is 0 Å². The van der Waals surface area contributed by atoms with Gasteiger partial charge < -0.3 is 15.7 Å². The molecular weight excluding hydrogens is 242 g/mol. The van der Waals surface area contributed by atoms with Gasteiger partial charge in [0.2, 0.25) is 0 Å². The Hall–Kier alpha value is -2.56. The quantitative estimate of drug-likeness (QED) is 0.861. The first-order valence-electron chi connectivity index (χ1n) is 5.78. The van der Waals surface area contributed by atoms with E-state index >= 15 is 0 Å². The lowest BCUT2D eigenvalue weighted by Crippen LogP contribution is -2.27.